The van der Waals surface area contributed by atoms with Gasteiger partial charge in [0, 0.05) is 31.7 Å². The molecule has 0 radical (unpaired) electrons. The summed E-state index contributed by atoms with van der Waals surface area (Å²) in [4.78, 5) is 22.8. The molecule has 1 saturated heterocycles. The number of anilines is 1. The zero-order chi connectivity index (χ0) is 14.8. The lowest BCUT2D eigenvalue weighted by Crippen LogP contribution is -2.47. The van der Waals surface area contributed by atoms with Crippen molar-refractivity contribution in [1.82, 2.24) is 19.3 Å². The monoisotopic (exact) mass is 353 g/mol. The summed E-state index contributed by atoms with van der Waals surface area (Å²) in [6.45, 7) is 4.29. The van der Waals surface area contributed by atoms with Gasteiger partial charge in [-0.1, -0.05) is 0 Å². The number of nitrogens with one attached hydrogen (secondary N) is 1. The minimum absolute atomic E-state index is 0.0461. The number of ether oxygens (including phenoxy) is 1. The lowest BCUT2D eigenvalue weighted by molar-refractivity contribution is -0.135. The van der Waals surface area contributed by atoms with E-state index >= 15 is 0 Å². The second-order valence-electron chi connectivity index (χ2n) is 4.87. The van der Waals surface area contributed by atoms with Crippen LogP contribution in [-0.4, -0.2) is 57.5 Å². The first-order valence-corrected chi connectivity index (χ1v) is 7.57. The van der Waals surface area contributed by atoms with Crippen LogP contribution < -0.4 is 5.32 Å². The van der Waals surface area contributed by atoms with E-state index in [1.807, 2.05) is 28.6 Å². The Labute approximate surface area is 130 Å². The molecule has 0 saturated carbocycles. The number of carbonyl (C=O) groups excluding carboxylic acids is 1. The smallest absolute Gasteiger partial charge is 0.244 e. The van der Waals surface area contributed by atoms with Gasteiger partial charge in [-0.3, -0.25) is 4.79 Å². The molecular formula is C13H16BrN5O2. The SMILES string of the molecule is CC(Nc1nc(Br)cn2ccnc12)C(=O)N1CCOCC1. The van der Waals surface area contributed by atoms with Crippen molar-refractivity contribution in [2.24, 2.45) is 0 Å². The molecule has 1 unspecified atom stereocenters. The van der Waals surface area contributed by atoms with Crippen LogP contribution in [-0.2, 0) is 9.53 Å². The van der Waals surface area contributed by atoms with Gasteiger partial charge in [0.05, 0.1) is 13.2 Å². The molecule has 0 aliphatic carbocycles. The number of hydrogen-bond acceptors (Lipinski definition) is 5. The van der Waals surface area contributed by atoms with E-state index in [0.717, 1.165) is 0 Å². The third kappa shape index (κ3) is 3.01. The molecule has 1 aliphatic heterocycles. The number of carbonyl (C=O) groups is 1. The van der Waals surface area contributed by atoms with Crippen molar-refractivity contribution in [1.29, 1.82) is 0 Å². The van der Waals surface area contributed by atoms with Crippen molar-refractivity contribution >= 4 is 33.3 Å². The van der Waals surface area contributed by atoms with Crippen LogP contribution in [0, 0.1) is 0 Å². The number of fused-ring (bicyclic) bond motifs is 1. The fourth-order valence-electron chi connectivity index (χ4n) is 2.32. The average Bonchev–Trinajstić information content (AvgIpc) is 2.95. The van der Waals surface area contributed by atoms with Crippen molar-refractivity contribution in [3.05, 3.63) is 23.2 Å². The molecule has 2 aromatic rings. The fourth-order valence-corrected chi connectivity index (χ4v) is 2.72. The number of amides is 1. The van der Waals surface area contributed by atoms with Crippen LogP contribution in [0.15, 0.2) is 23.2 Å². The zero-order valence-electron chi connectivity index (χ0n) is 11.6. The van der Waals surface area contributed by atoms with Gasteiger partial charge in [0.15, 0.2) is 11.5 Å². The molecule has 0 spiro atoms. The van der Waals surface area contributed by atoms with Crippen molar-refractivity contribution in [3.8, 4) is 0 Å². The summed E-state index contributed by atoms with van der Waals surface area (Å²) in [6, 6.07) is -0.370. The van der Waals surface area contributed by atoms with Crippen molar-refractivity contribution in [2.75, 3.05) is 31.6 Å². The van der Waals surface area contributed by atoms with Crippen molar-refractivity contribution < 1.29 is 9.53 Å². The maximum atomic E-state index is 12.4. The Hall–Kier alpha value is -1.67. The van der Waals surface area contributed by atoms with Gasteiger partial charge in [0.1, 0.15) is 10.6 Å². The van der Waals surface area contributed by atoms with E-state index in [1.165, 1.54) is 0 Å². The summed E-state index contributed by atoms with van der Waals surface area (Å²) in [5.41, 5.74) is 0.694. The van der Waals surface area contributed by atoms with Crippen molar-refractivity contribution in [2.45, 2.75) is 13.0 Å². The number of halogens is 1. The summed E-state index contributed by atoms with van der Waals surface area (Å²) in [7, 11) is 0. The van der Waals surface area contributed by atoms with Gasteiger partial charge in [0.25, 0.3) is 0 Å². The molecule has 1 atom stereocenters. The highest BCUT2D eigenvalue weighted by atomic mass is 79.9. The standard InChI is InChI=1S/C13H16BrN5O2/c1-9(13(20)18-4-6-21-7-5-18)16-11-12-15-2-3-19(12)8-10(14)17-11/h2-3,8-9H,4-7H2,1H3,(H,16,17). The zero-order valence-corrected chi connectivity index (χ0v) is 13.2. The summed E-state index contributed by atoms with van der Waals surface area (Å²) in [6.07, 6.45) is 5.35. The summed E-state index contributed by atoms with van der Waals surface area (Å²) >= 11 is 3.36. The number of morpholine rings is 1. The Morgan fingerprint density at radius 3 is 3.00 bits per heavy atom. The average molecular weight is 354 g/mol. The largest absolute Gasteiger partial charge is 0.378 e. The molecule has 0 aromatic carbocycles. The van der Waals surface area contributed by atoms with Crippen molar-refractivity contribution in [3.63, 3.8) is 0 Å². The molecule has 1 aliphatic rings. The minimum Gasteiger partial charge on any atom is -0.378 e. The lowest BCUT2D eigenvalue weighted by atomic mass is 10.2. The molecule has 3 rings (SSSR count). The van der Waals surface area contributed by atoms with E-state index in [0.29, 0.717) is 42.4 Å². The molecule has 8 heteroatoms. The number of hydrogen-bond donors (Lipinski definition) is 1. The maximum absolute atomic E-state index is 12.4. The molecule has 112 valence electrons. The summed E-state index contributed by atoms with van der Waals surface area (Å²) in [5.74, 6) is 0.633. The Morgan fingerprint density at radius 1 is 1.48 bits per heavy atom. The van der Waals surface area contributed by atoms with E-state index in [2.05, 4.69) is 31.2 Å². The minimum atomic E-state index is -0.370. The Bertz CT molecular complexity index is 653. The predicted molar refractivity (Wildman–Crippen MR) is 81.2 cm³/mol. The lowest BCUT2D eigenvalue weighted by Gasteiger charge is -2.29. The number of imidazole rings is 1. The Morgan fingerprint density at radius 2 is 2.24 bits per heavy atom. The van der Waals surface area contributed by atoms with E-state index in [1.54, 1.807) is 6.20 Å². The first kappa shape index (κ1) is 14.3. The summed E-state index contributed by atoms with van der Waals surface area (Å²) < 4.78 is 7.80. The molecular weight excluding hydrogens is 338 g/mol. The van der Waals surface area contributed by atoms with Gasteiger partial charge in [-0.25, -0.2) is 9.97 Å². The van der Waals surface area contributed by atoms with E-state index in [-0.39, 0.29) is 11.9 Å². The topological polar surface area (TPSA) is 71.8 Å². The fraction of sp³-hybridized carbons (Fsp3) is 0.462. The molecule has 7 nitrogen and oxygen atoms in total. The molecule has 21 heavy (non-hydrogen) atoms. The van der Waals surface area contributed by atoms with Crippen LogP contribution in [0.25, 0.3) is 5.65 Å². The number of nitrogens with zero attached hydrogens (tertiary/aromatic N) is 4. The highest BCUT2D eigenvalue weighted by molar-refractivity contribution is 9.10. The Kier molecular flexibility index (Phi) is 4.07. The Balaban J connectivity index is 1.77. The predicted octanol–water partition coefficient (Wildman–Crippen LogP) is 1.15. The van der Waals surface area contributed by atoms with Crippen LogP contribution in [0.3, 0.4) is 0 Å². The van der Waals surface area contributed by atoms with Gasteiger partial charge in [-0.05, 0) is 22.9 Å². The first-order chi connectivity index (χ1) is 10.1. The first-order valence-electron chi connectivity index (χ1n) is 6.77. The quantitative estimate of drug-likeness (QED) is 0.896. The molecule has 2 aromatic heterocycles. The van der Waals surface area contributed by atoms with Crippen LogP contribution in [0.5, 0.6) is 0 Å². The van der Waals surface area contributed by atoms with E-state index < -0.39 is 0 Å². The summed E-state index contributed by atoms with van der Waals surface area (Å²) in [5, 5.41) is 3.15. The van der Waals surface area contributed by atoms with Gasteiger partial charge >= 0.3 is 0 Å². The third-order valence-electron chi connectivity index (χ3n) is 3.39. The van der Waals surface area contributed by atoms with Gasteiger partial charge in [-0.2, -0.15) is 0 Å². The van der Waals surface area contributed by atoms with Gasteiger partial charge in [-0.15, -0.1) is 0 Å². The van der Waals surface area contributed by atoms with Gasteiger partial charge in [0.2, 0.25) is 5.91 Å². The van der Waals surface area contributed by atoms with E-state index in [9.17, 15) is 4.79 Å². The number of aromatic nitrogens is 3. The van der Waals surface area contributed by atoms with E-state index in [4.69, 9.17) is 4.74 Å². The molecule has 1 amide bonds. The van der Waals surface area contributed by atoms with Crippen LogP contribution in [0.4, 0.5) is 5.82 Å². The highest BCUT2D eigenvalue weighted by Crippen LogP contribution is 2.18. The maximum Gasteiger partial charge on any atom is 0.244 e. The highest BCUT2D eigenvalue weighted by Gasteiger charge is 2.23. The molecule has 3 heterocycles. The van der Waals surface area contributed by atoms with Crippen LogP contribution in [0.1, 0.15) is 6.92 Å². The molecule has 1 fully saturated rings. The third-order valence-corrected chi connectivity index (χ3v) is 3.77. The normalized spacial score (nSPS) is 17.0. The number of rotatable bonds is 3. The van der Waals surface area contributed by atoms with Crippen LogP contribution >= 0.6 is 15.9 Å². The second-order valence-corrected chi connectivity index (χ2v) is 5.69. The van der Waals surface area contributed by atoms with Crippen LogP contribution in [0.2, 0.25) is 0 Å². The molecule has 1 N–H and O–H groups in total. The van der Waals surface area contributed by atoms with Gasteiger partial charge < -0.3 is 19.4 Å². The molecule has 0 bridgehead atoms. The second kappa shape index (κ2) is 5.98.